The summed E-state index contributed by atoms with van der Waals surface area (Å²) in [6.45, 7) is 0.671. The molecule has 0 saturated heterocycles. The van der Waals surface area contributed by atoms with Crippen LogP contribution in [0.4, 0.5) is 0 Å². The van der Waals surface area contributed by atoms with Crippen molar-refractivity contribution < 1.29 is 4.74 Å². The fraction of sp³-hybridized carbons (Fsp3) is 0.214. The van der Waals surface area contributed by atoms with Gasteiger partial charge in [-0.3, -0.25) is 0 Å². The molecule has 1 heterocycles. The summed E-state index contributed by atoms with van der Waals surface area (Å²) in [6.07, 6.45) is 3.63. The molecule has 2 aromatic rings. The van der Waals surface area contributed by atoms with Crippen molar-refractivity contribution >= 4 is 27.5 Å². The number of hydrogen-bond donors (Lipinski definition) is 0. The maximum atomic E-state index is 5.81. The smallest absolute Gasteiger partial charge is 0.143 e. The molecule has 0 aliphatic rings. The highest BCUT2D eigenvalue weighted by atomic mass is 79.9. The lowest BCUT2D eigenvalue weighted by Gasteiger charge is -2.06. The third-order valence-electron chi connectivity index (χ3n) is 2.49. The molecule has 2 nitrogen and oxygen atoms in total. The van der Waals surface area contributed by atoms with Gasteiger partial charge in [0.1, 0.15) is 10.9 Å². The van der Waals surface area contributed by atoms with E-state index in [1.807, 2.05) is 12.1 Å². The van der Waals surface area contributed by atoms with Crippen LogP contribution in [0.3, 0.4) is 0 Å². The van der Waals surface area contributed by atoms with Gasteiger partial charge in [-0.15, -0.1) is 0 Å². The van der Waals surface area contributed by atoms with Gasteiger partial charge >= 0.3 is 0 Å². The SMILES string of the molecule is Clc1ncc(OCCCc2ccccc2)cc1Br. The first-order valence-electron chi connectivity index (χ1n) is 5.73. The van der Waals surface area contributed by atoms with Crippen LogP contribution in [0.25, 0.3) is 0 Å². The number of pyridine rings is 1. The summed E-state index contributed by atoms with van der Waals surface area (Å²) < 4.78 is 6.37. The Morgan fingerprint density at radius 3 is 2.72 bits per heavy atom. The molecule has 1 aromatic heterocycles. The van der Waals surface area contributed by atoms with Crippen LogP contribution in [0, 0.1) is 0 Å². The fourth-order valence-electron chi connectivity index (χ4n) is 1.59. The van der Waals surface area contributed by atoms with Crippen molar-refractivity contribution in [2.24, 2.45) is 0 Å². The Morgan fingerprint density at radius 2 is 2.00 bits per heavy atom. The van der Waals surface area contributed by atoms with Crippen LogP contribution in [0.2, 0.25) is 5.15 Å². The van der Waals surface area contributed by atoms with Crippen molar-refractivity contribution in [3.05, 3.63) is 57.8 Å². The summed E-state index contributed by atoms with van der Waals surface area (Å²) in [5.74, 6) is 0.735. The van der Waals surface area contributed by atoms with E-state index in [2.05, 4.69) is 45.2 Å². The second-order valence-electron chi connectivity index (χ2n) is 3.88. The second-order valence-corrected chi connectivity index (χ2v) is 5.09. The zero-order chi connectivity index (χ0) is 12.8. The minimum Gasteiger partial charge on any atom is -0.492 e. The molecule has 0 saturated carbocycles. The van der Waals surface area contributed by atoms with Gasteiger partial charge in [0.05, 0.1) is 17.3 Å². The zero-order valence-corrected chi connectivity index (χ0v) is 12.1. The Bertz CT molecular complexity index is 504. The molecule has 0 N–H and O–H groups in total. The maximum Gasteiger partial charge on any atom is 0.143 e. The van der Waals surface area contributed by atoms with Crippen molar-refractivity contribution in [1.29, 1.82) is 0 Å². The number of aryl methyl sites for hydroxylation is 1. The van der Waals surface area contributed by atoms with Crippen molar-refractivity contribution in [3.8, 4) is 5.75 Å². The van der Waals surface area contributed by atoms with Crippen LogP contribution in [0.5, 0.6) is 5.75 Å². The van der Waals surface area contributed by atoms with Gasteiger partial charge in [-0.05, 0) is 40.4 Å². The van der Waals surface area contributed by atoms with Gasteiger partial charge in [-0.2, -0.15) is 0 Å². The number of benzene rings is 1. The van der Waals surface area contributed by atoms with Crippen LogP contribution in [0.15, 0.2) is 47.1 Å². The number of hydrogen-bond acceptors (Lipinski definition) is 2. The van der Waals surface area contributed by atoms with E-state index in [1.165, 1.54) is 5.56 Å². The Kier molecular flexibility index (Phi) is 5.02. The molecule has 0 amide bonds. The summed E-state index contributed by atoms with van der Waals surface area (Å²) in [7, 11) is 0. The van der Waals surface area contributed by atoms with Crippen molar-refractivity contribution in [1.82, 2.24) is 4.98 Å². The predicted octanol–water partition coefficient (Wildman–Crippen LogP) is 4.51. The lowest BCUT2D eigenvalue weighted by Crippen LogP contribution is -1.99. The number of halogens is 2. The van der Waals surface area contributed by atoms with E-state index in [0.29, 0.717) is 11.8 Å². The van der Waals surface area contributed by atoms with Crippen molar-refractivity contribution in [2.75, 3.05) is 6.61 Å². The highest BCUT2D eigenvalue weighted by Gasteiger charge is 2.01. The summed E-state index contributed by atoms with van der Waals surface area (Å²) in [5, 5.41) is 0.451. The third kappa shape index (κ3) is 4.00. The van der Waals surface area contributed by atoms with E-state index in [4.69, 9.17) is 16.3 Å². The van der Waals surface area contributed by atoms with Crippen LogP contribution in [0.1, 0.15) is 12.0 Å². The molecule has 0 radical (unpaired) electrons. The maximum absolute atomic E-state index is 5.81. The highest BCUT2D eigenvalue weighted by Crippen LogP contribution is 2.24. The largest absolute Gasteiger partial charge is 0.492 e. The number of rotatable bonds is 5. The average molecular weight is 327 g/mol. The van der Waals surface area contributed by atoms with Gasteiger partial charge in [-0.1, -0.05) is 41.9 Å². The summed E-state index contributed by atoms with van der Waals surface area (Å²) in [5.41, 5.74) is 1.33. The highest BCUT2D eigenvalue weighted by molar-refractivity contribution is 9.10. The van der Waals surface area contributed by atoms with Gasteiger partial charge < -0.3 is 4.74 Å². The Hall–Kier alpha value is -1.06. The van der Waals surface area contributed by atoms with E-state index in [-0.39, 0.29) is 0 Å². The molecule has 2 rings (SSSR count). The quantitative estimate of drug-likeness (QED) is 0.596. The second kappa shape index (κ2) is 6.76. The van der Waals surface area contributed by atoms with E-state index in [0.717, 1.165) is 23.1 Å². The van der Waals surface area contributed by atoms with E-state index >= 15 is 0 Å². The van der Waals surface area contributed by atoms with Gasteiger partial charge in [0.25, 0.3) is 0 Å². The van der Waals surface area contributed by atoms with E-state index in [1.54, 1.807) is 6.20 Å². The number of nitrogens with zero attached hydrogens (tertiary/aromatic N) is 1. The van der Waals surface area contributed by atoms with Gasteiger partial charge in [-0.25, -0.2) is 4.98 Å². The molecule has 0 atom stereocenters. The molecule has 0 aliphatic carbocycles. The third-order valence-corrected chi connectivity index (χ3v) is 3.63. The minimum absolute atomic E-state index is 0.451. The number of ether oxygens (including phenoxy) is 1. The standard InChI is InChI=1S/C14H13BrClNO/c15-13-9-12(10-17-14(13)16)18-8-4-7-11-5-2-1-3-6-11/h1-3,5-6,9-10H,4,7-8H2. The van der Waals surface area contributed by atoms with Gasteiger partial charge in [0.2, 0.25) is 0 Å². The Labute approximate surface area is 120 Å². The summed E-state index contributed by atoms with van der Waals surface area (Å²) in [4.78, 5) is 4.01. The van der Waals surface area contributed by atoms with E-state index < -0.39 is 0 Å². The topological polar surface area (TPSA) is 22.1 Å². The Balaban J connectivity index is 1.77. The van der Waals surface area contributed by atoms with E-state index in [9.17, 15) is 0 Å². The zero-order valence-electron chi connectivity index (χ0n) is 9.77. The average Bonchev–Trinajstić information content (AvgIpc) is 2.40. The molecule has 0 bridgehead atoms. The molecular formula is C14H13BrClNO. The Morgan fingerprint density at radius 1 is 1.22 bits per heavy atom. The molecule has 0 unspecified atom stereocenters. The molecule has 0 spiro atoms. The van der Waals surface area contributed by atoms with Crippen LogP contribution < -0.4 is 4.74 Å². The van der Waals surface area contributed by atoms with Gasteiger partial charge in [0, 0.05) is 0 Å². The molecule has 94 valence electrons. The molecule has 0 fully saturated rings. The monoisotopic (exact) mass is 325 g/mol. The lowest BCUT2D eigenvalue weighted by atomic mass is 10.1. The van der Waals surface area contributed by atoms with Crippen LogP contribution >= 0.6 is 27.5 Å². The fourth-order valence-corrected chi connectivity index (χ4v) is 2.02. The minimum atomic E-state index is 0.451. The van der Waals surface area contributed by atoms with Gasteiger partial charge in [0.15, 0.2) is 0 Å². The van der Waals surface area contributed by atoms with Crippen molar-refractivity contribution in [3.63, 3.8) is 0 Å². The predicted molar refractivity (Wildman–Crippen MR) is 77.2 cm³/mol. The van der Waals surface area contributed by atoms with Crippen molar-refractivity contribution in [2.45, 2.75) is 12.8 Å². The summed E-state index contributed by atoms with van der Waals surface area (Å²) >= 11 is 9.13. The molecule has 4 heteroatoms. The van der Waals surface area contributed by atoms with Crippen LogP contribution in [-0.4, -0.2) is 11.6 Å². The molecule has 18 heavy (non-hydrogen) atoms. The molecule has 0 aliphatic heterocycles. The summed E-state index contributed by atoms with van der Waals surface area (Å²) in [6, 6.07) is 12.2. The first-order chi connectivity index (χ1) is 8.75. The number of aromatic nitrogens is 1. The first kappa shape index (κ1) is 13.4. The normalized spacial score (nSPS) is 10.3. The van der Waals surface area contributed by atoms with Crippen LogP contribution in [-0.2, 0) is 6.42 Å². The lowest BCUT2D eigenvalue weighted by molar-refractivity contribution is 0.309. The molecule has 1 aromatic carbocycles. The molecular weight excluding hydrogens is 314 g/mol. The first-order valence-corrected chi connectivity index (χ1v) is 6.90.